The van der Waals surface area contributed by atoms with Crippen LogP contribution >= 0.6 is 0 Å². The lowest BCUT2D eigenvalue weighted by molar-refractivity contribution is -0.115. The molecule has 0 radical (unpaired) electrons. The van der Waals surface area contributed by atoms with Crippen molar-refractivity contribution < 1.29 is 4.79 Å². The molecule has 0 atom stereocenters. The monoisotopic (exact) mass is 322 g/mol. The molecule has 24 heavy (non-hydrogen) atoms. The average molecular weight is 322 g/mol. The highest BCUT2D eigenvalue weighted by atomic mass is 16.1. The number of aromatic nitrogens is 3. The van der Waals surface area contributed by atoms with E-state index in [0.29, 0.717) is 12.5 Å². The van der Waals surface area contributed by atoms with Gasteiger partial charge in [-0.1, -0.05) is 31.0 Å². The summed E-state index contributed by atoms with van der Waals surface area (Å²) in [5.74, 6) is 0.818. The summed E-state index contributed by atoms with van der Waals surface area (Å²) in [6.45, 7) is 0. The molecule has 1 aromatic carbocycles. The number of rotatable bonds is 4. The predicted octanol–water partition coefficient (Wildman–Crippen LogP) is 3.67. The molecule has 1 saturated carbocycles. The van der Waals surface area contributed by atoms with Crippen molar-refractivity contribution in [2.75, 3.05) is 5.32 Å². The number of fused-ring (bicyclic) bond motifs is 1. The third-order valence-electron chi connectivity index (χ3n) is 4.94. The molecular formula is C19H22N4O. The molecule has 5 nitrogen and oxygen atoms in total. The first-order valence-corrected chi connectivity index (χ1v) is 8.58. The zero-order valence-electron chi connectivity index (χ0n) is 13.9. The first kappa shape index (κ1) is 15.0. The summed E-state index contributed by atoms with van der Waals surface area (Å²) in [7, 11) is 2.01. The molecular weight excluding hydrogens is 300 g/mol. The van der Waals surface area contributed by atoms with Gasteiger partial charge < -0.3 is 9.88 Å². The van der Waals surface area contributed by atoms with Gasteiger partial charge in [0.2, 0.25) is 5.91 Å². The van der Waals surface area contributed by atoms with E-state index >= 15 is 0 Å². The Bertz CT molecular complexity index is 871. The Labute approximate surface area is 141 Å². The largest absolute Gasteiger partial charge is 0.350 e. The topological polar surface area (TPSA) is 51.9 Å². The Morgan fingerprint density at radius 1 is 1.25 bits per heavy atom. The fourth-order valence-corrected chi connectivity index (χ4v) is 3.78. The van der Waals surface area contributed by atoms with Crippen LogP contribution in [0.5, 0.6) is 0 Å². The molecule has 0 aliphatic heterocycles. The van der Waals surface area contributed by atoms with Crippen molar-refractivity contribution in [3.05, 3.63) is 48.3 Å². The summed E-state index contributed by atoms with van der Waals surface area (Å²) < 4.78 is 4.05. The van der Waals surface area contributed by atoms with Gasteiger partial charge in [-0.05, 0) is 24.5 Å². The van der Waals surface area contributed by atoms with Crippen molar-refractivity contribution in [3.63, 3.8) is 0 Å². The smallest absolute Gasteiger partial charge is 0.230 e. The number of hydrogen-bond acceptors (Lipinski definition) is 2. The minimum absolute atomic E-state index is 0.00565. The van der Waals surface area contributed by atoms with Crippen LogP contribution < -0.4 is 5.32 Å². The minimum Gasteiger partial charge on any atom is -0.350 e. The van der Waals surface area contributed by atoms with Gasteiger partial charge >= 0.3 is 0 Å². The van der Waals surface area contributed by atoms with Crippen molar-refractivity contribution in [1.82, 2.24) is 14.3 Å². The van der Waals surface area contributed by atoms with Crippen LogP contribution in [0.4, 0.5) is 5.82 Å². The highest BCUT2D eigenvalue weighted by molar-refractivity contribution is 5.95. The van der Waals surface area contributed by atoms with Gasteiger partial charge in [0.05, 0.1) is 18.7 Å². The summed E-state index contributed by atoms with van der Waals surface area (Å²) >= 11 is 0. The van der Waals surface area contributed by atoms with Gasteiger partial charge in [0, 0.05) is 30.2 Å². The number of aryl methyl sites for hydroxylation is 1. The van der Waals surface area contributed by atoms with E-state index in [1.807, 2.05) is 36.1 Å². The molecule has 2 heterocycles. The number of benzene rings is 1. The second-order valence-electron chi connectivity index (χ2n) is 6.61. The maximum atomic E-state index is 12.5. The van der Waals surface area contributed by atoms with Gasteiger partial charge in [-0.2, -0.15) is 5.10 Å². The second-order valence-corrected chi connectivity index (χ2v) is 6.61. The number of carbonyl (C=O) groups excluding carboxylic acids is 1. The maximum Gasteiger partial charge on any atom is 0.230 e. The van der Waals surface area contributed by atoms with Crippen LogP contribution in [0.3, 0.4) is 0 Å². The molecule has 0 saturated heterocycles. The van der Waals surface area contributed by atoms with E-state index in [9.17, 15) is 4.79 Å². The van der Waals surface area contributed by atoms with Crippen LogP contribution in [0.1, 0.15) is 37.3 Å². The van der Waals surface area contributed by atoms with Crippen LogP contribution in [0.25, 0.3) is 10.9 Å². The Kier molecular flexibility index (Phi) is 3.84. The maximum absolute atomic E-state index is 12.5. The minimum atomic E-state index is 0.00565. The third kappa shape index (κ3) is 2.70. The molecule has 124 valence electrons. The number of para-hydroxylation sites is 1. The highest BCUT2D eigenvalue weighted by Crippen LogP contribution is 2.31. The van der Waals surface area contributed by atoms with Gasteiger partial charge in [-0.15, -0.1) is 0 Å². The van der Waals surface area contributed by atoms with Gasteiger partial charge in [0.1, 0.15) is 5.82 Å². The molecule has 3 aromatic rings. The first-order chi connectivity index (χ1) is 11.7. The molecule has 5 heteroatoms. The number of carbonyl (C=O) groups is 1. The normalized spacial score (nSPS) is 15.2. The van der Waals surface area contributed by atoms with Gasteiger partial charge in [0.25, 0.3) is 0 Å². The highest BCUT2D eigenvalue weighted by Gasteiger charge is 2.20. The number of hydrogen-bond donors (Lipinski definition) is 1. The molecule has 1 N–H and O–H groups in total. The lowest BCUT2D eigenvalue weighted by atomic mass is 10.1. The number of nitrogens with one attached hydrogen (secondary N) is 1. The molecule has 1 amide bonds. The van der Waals surface area contributed by atoms with Crippen molar-refractivity contribution >= 4 is 22.6 Å². The first-order valence-electron chi connectivity index (χ1n) is 8.58. The molecule has 1 aliphatic rings. The molecule has 1 aliphatic carbocycles. The summed E-state index contributed by atoms with van der Waals surface area (Å²) in [5, 5.41) is 8.59. The van der Waals surface area contributed by atoms with Crippen molar-refractivity contribution in [2.45, 2.75) is 38.1 Å². The van der Waals surface area contributed by atoms with Crippen molar-refractivity contribution in [1.29, 1.82) is 0 Å². The molecule has 0 spiro atoms. The number of nitrogens with zero attached hydrogens (tertiary/aromatic N) is 3. The lowest BCUT2D eigenvalue weighted by Crippen LogP contribution is -2.19. The van der Waals surface area contributed by atoms with E-state index in [2.05, 4.69) is 27.1 Å². The van der Waals surface area contributed by atoms with Crippen molar-refractivity contribution in [2.24, 2.45) is 7.05 Å². The molecule has 4 rings (SSSR count). The summed E-state index contributed by atoms with van der Waals surface area (Å²) in [6.07, 6.45) is 8.96. The van der Waals surface area contributed by atoms with Crippen LogP contribution in [0.15, 0.2) is 42.7 Å². The van der Waals surface area contributed by atoms with Gasteiger partial charge in [0.15, 0.2) is 0 Å². The SMILES string of the molecule is Cn1cc(CC(=O)Nc2ccnn2C2CCCC2)c2ccccc21. The van der Waals surface area contributed by atoms with E-state index in [0.717, 1.165) is 35.1 Å². The number of amides is 1. The zero-order valence-corrected chi connectivity index (χ0v) is 13.9. The standard InChI is InChI=1S/C19H22N4O/c1-22-13-14(16-8-4-5-9-17(16)22)12-19(24)21-18-10-11-20-23(18)15-6-2-3-7-15/h4-5,8-11,13,15H,2-3,6-7,12H2,1H3,(H,21,24). The lowest BCUT2D eigenvalue weighted by Gasteiger charge is -2.14. The Morgan fingerprint density at radius 3 is 2.88 bits per heavy atom. The Hall–Kier alpha value is -2.56. The van der Waals surface area contributed by atoms with E-state index < -0.39 is 0 Å². The molecule has 2 aromatic heterocycles. The van der Waals surface area contributed by atoms with Gasteiger partial charge in [-0.3, -0.25) is 4.79 Å². The average Bonchev–Trinajstić information content (AvgIpc) is 3.29. The molecule has 0 unspecified atom stereocenters. The fraction of sp³-hybridized carbons (Fsp3) is 0.368. The van der Waals surface area contributed by atoms with Crippen LogP contribution in [-0.2, 0) is 18.3 Å². The van der Waals surface area contributed by atoms with E-state index in [4.69, 9.17) is 0 Å². The Balaban J connectivity index is 1.52. The third-order valence-corrected chi connectivity index (χ3v) is 4.94. The van der Waals surface area contributed by atoms with Crippen LogP contribution in [0.2, 0.25) is 0 Å². The fourth-order valence-electron chi connectivity index (χ4n) is 3.78. The predicted molar refractivity (Wildman–Crippen MR) is 95.0 cm³/mol. The summed E-state index contributed by atoms with van der Waals surface area (Å²) in [6, 6.07) is 10.5. The van der Waals surface area contributed by atoms with E-state index in [-0.39, 0.29) is 5.91 Å². The molecule has 0 bridgehead atoms. The van der Waals surface area contributed by atoms with Crippen molar-refractivity contribution in [3.8, 4) is 0 Å². The summed E-state index contributed by atoms with van der Waals surface area (Å²) in [5.41, 5.74) is 2.20. The van der Waals surface area contributed by atoms with E-state index in [1.54, 1.807) is 6.20 Å². The zero-order chi connectivity index (χ0) is 16.5. The van der Waals surface area contributed by atoms with Gasteiger partial charge in [-0.25, -0.2) is 4.68 Å². The number of anilines is 1. The Morgan fingerprint density at radius 2 is 2.04 bits per heavy atom. The molecule has 1 fully saturated rings. The summed E-state index contributed by atoms with van der Waals surface area (Å²) in [4.78, 5) is 12.5. The second kappa shape index (κ2) is 6.15. The van der Waals surface area contributed by atoms with Crippen LogP contribution in [0, 0.1) is 0 Å². The van der Waals surface area contributed by atoms with Crippen LogP contribution in [-0.4, -0.2) is 20.3 Å². The quantitative estimate of drug-likeness (QED) is 0.797. The van der Waals surface area contributed by atoms with E-state index in [1.165, 1.54) is 12.8 Å².